The van der Waals surface area contributed by atoms with Crippen molar-refractivity contribution in [3.63, 3.8) is 0 Å². The standard InChI is InChI=1S/C12H15F2N3/c1-8(2)16-3-4-17-12-10(13)5-9(7-15)6-11(12)14/h5-6,8,16-17H,3-4H2,1-2H3. The van der Waals surface area contributed by atoms with Gasteiger partial charge in [0.05, 0.1) is 11.6 Å². The van der Waals surface area contributed by atoms with Crippen molar-refractivity contribution in [2.75, 3.05) is 18.4 Å². The Kier molecular flexibility index (Phi) is 4.85. The van der Waals surface area contributed by atoms with Crippen LogP contribution in [0, 0.1) is 23.0 Å². The van der Waals surface area contributed by atoms with E-state index in [0.29, 0.717) is 19.1 Å². The van der Waals surface area contributed by atoms with Crippen molar-refractivity contribution >= 4 is 5.69 Å². The lowest BCUT2D eigenvalue weighted by atomic mass is 10.2. The summed E-state index contributed by atoms with van der Waals surface area (Å²) in [6, 6.07) is 4.05. The first kappa shape index (κ1) is 13.4. The molecule has 5 heteroatoms. The van der Waals surface area contributed by atoms with Crippen LogP contribution in [0.1, 0.15) is 19.4 Å². The van der Waals surface area contributed by atoms with Crippen LogP contribution in [0.25, 0.3) is 0 Å². The summed E-state index contributed by atoms with van der Waals surface area (Å²) in [6.07, 6.45) is 0. The Hall–Kier alpha value is -1.67. The summed E-state index contributed by atoms with van der Waals surface area (Å²) >= 11 is 0. The van der Waals surface area contributed by atoms with Crippen LogP contribution in [-0.2, 0) is 0 Å². The zero-order valence-corrected chi connectivity index (χ0v) is 9.85. The van der Waals surface area contributed by atoms with E-state index >= 15 is 0 Å². The van der Waals surface area contributed by atoms with Crippen LogP contribution in [-0.4, -0.2) is 19.1 Å². The number of hydrogen-bond acceptors (Lipinski definition) is 3. The quantitative estimate of drug-likeness (QED) is 0.775. The molecule has 0 amide bonds. The fourth-order valence-electron chi connectivity index (χ4n) is 1.35. The number of hydrogen-bond donors (Lipinski definition) is 2. The average molecular weight is 239 g/mol. The minimum absolute atomic E-state index is 0.0224. The van der Waals surface area contributed by atoms with E-state index in [1.807, 2.05) is 13.8 Å². The number of rotatable bonds is 5. The molecule has 0 atom stereocenters. The summed E-state index contributed by atoms with van der Waals surface area (Å²) in [5, 5.41) is 14.3. The maximum Gasteiger partial charge on any atom is 0.150 e. The molecule has 0 radical (unpaired) electrons. The number of anilines is 1. The smallest absolute Gasteiger partial charge is 0.150 e. The second kappa shape index (κ2) is 6.16. The maximum absolute atomic E-state index is 13.4. The minimum atomic E-state index is -0.744. The zero-order valence-electron chi connectivity index (χ0n) is 9.85. The van der Waals surface area contributed by atoms with E-state index in [0.717, 1.165) is 12.1 Å². The van der Waals surface area contributed by atoms with Crippen molar-refractivity contribution < 1.29 is 8.78 Å². The molecule has 0 fully saturated rings. The van der Waals surface area contributed by atoms with Gasteiger partial charge in [-0.1, -0.05) is 13.8 Å². The van der Waals surface area contributed by atoms with Gasteiger partial charge < -0.3 is 10.6 Å². The Bertz CT molecular complexity index is 401. The highest BCUT2D eigenvalue weighted by atomic mass is 19.1. The van der Waals surface area contributed by atoms with Crippen molar-refractivity contribution in [3.05, 3.63) is 29.3 Å². The molecule has 0 aromatic heterocycles. The fourth-order valence-corrected chi connectivity index (χ4v) is 1.35. The normalized spacial score (nSPS) is 10.4. The molecule has 0 saturated heterocycles. The van der Waals surface area contributed by atoms with E-state index in [-0.39, 0.29) is 11.3 Å². The minimum Gasteiger partial charge on any atom is -0.379 e. The number of nitriles is 1. The van der Waals surface area contributed by atoms with Crippen molar-refractivity contribution in [2.45, 2.75) is 19.9 Å². The molecule has 92 valence electrons. The van der Waals surface area contributed by atoms with Gasteiger partial charge >= 0.3 is 0 Å². The largest absolute Gasteiger partial charge is 0.379 e. The third kappa shape index (κ3) is 4.00. The lowest BCUT2D eigenvalue weighted by Gasteiger charge is -2.11. The molecule has 2 N–H and O–H groups in total. The molecule has 1 rings (SSSR count). The Morgan fingerprint density at radius 3 is 2.29 bits per heavy atom. The van der Waals surface area contributed by atoms with E-state index in [1.54, 1.807) is 6.07 Å². The molecular weight excluding hydrogens is 224 g/mol. The van der Waals surface area contributed by atoms with E-state index in [2.05, 4.69) is 10.6 Å². The van der Waals surface area contributed by atoms with Crippen molar-refractivity contribution in [3.8, 4) is 6.07 Å². The number of nitrogens with zero attached hydrogens (tertiary/aromatic N) is 1. The van der Waals surface area contributed by atoms with Crippen LogP contribution >= 0.6 is 0 Å². The lowest BCUT2D eigenvalue weighted by Crippen LogP contribution is -2.28. The molecule has 0 saturated carbocycles. The summed E-state index contributed by atoms with van der Waals surface area (Å²) in [4.78, 5) is 0. The maximum atomic E-state index is 13.4. The summed E-state index contributed by atoms with van der Waals surface area (Å²) in [6.45, 7) is 5.00. The van der Waals surface area contributed by atoms with Gasteiger partial charge in [0.1, 0.15) is 5.69 Å². The van der Waals surface area contributed by atoms with Gasteiger partial charge in [-0.15, -0.1) is 0 Å². The first-order valence-corrected chi connectivity index (χ1v) is 5.41. The predicted molar refractivity (Wildman–Crippen MR) is 62.7 cm³/mol. The van der Waals surface area contributed by atoms with Crippen LogP contribution in [0.3, 0.4) is 0 Å². The molecule has 0 heterocycles. The summed E-state index contributed by atoms with van der Waals surface area (Å²) in [5.41, 5.74) is -0.208. The van der Waals surface area contributed by atoms with Crippen LogP contribution in [0.15, 0.2) is 12.1 Å². The molecule has 17 heavy (non-hydrogen) atoms. The van der Waals surface area contributed by atoms with E-state index in [1.165, 1.54) is 0 Å². The van der Waals surface area contributed by atoms with Crippen molar-refractivity contribution in [1.29, 1.82) is 5.26 Å². The van der Waals surface area contributed by atoms with Crippen molar-refractivity contribution in [1.82, 2.24) is 5.32 Å². The van der Waals surface area contributed by atoms with Gasteiger partial charge in [-0.2, -0.15) is 5.26 Å². The van der Waals surface area contributed by atoms with Crippen LogP contribution < -0.4 is 10.6 Å². The van der Waals surface area contributed by atoms with E-state index in [9.17, 15) is 8.78 Å². The van der Waals surface area contributed by atoms with E-state index < -0.39 is 11.6 Å². The van der Waals surface area contributed by atoms with Crippen LogP contribution in [0.2, 0.25) is 0 Å². The van der Waals surface area contributed by atoms with Gasteiger partial charge in [0, 0.05) is 19.1 Å². The summed E-state index contributed by atoms with van der Waals surface area (Å²) in [7, 11) is 0. The predicted octanol–water partition coefficient (Wildman–Crippen LogP) is 2.25. The van der Waals surface area contributed by atoms with Crippen LogP contribution in [0.5, 0.6) is 0 Å². The SMILES string of the molecule is CC(C)NCCNc1c(F)cc(C#N)cc1F. The highest BCUT2D eigenvalue weighted by Gasteiger charge is 2.10. The van der Waals surface area contributed by atoms with Gasteiger partial charge in [0.2, 0.25) is 0 Å². The molecule has 1 aromatic rings. The Balaban J connectivity index is 2.63. The van der Waals surface area contributed by atoms with Gasteiger partial charge in [0.15, 0.2) is 11.6 Å². The van der Waals surface area contributed by atoms with Gasteiger partial charge in [-0.25, -0.2) is 8.78 Å². The van der Waals surface area contributed by atoms with Crippen molar-refractivity contribution in [2.24, 2.45) is 0 Å². The van der Waals surface area contributed by atoms with Gasteiger partial charge in [-0.05, 0) is 12.1 Å². The van der Waals surface area contributed by atoms with E-state index in [4.69, 9.17) is 5.26 Å². The molecule has 0 aliphatic heterocycles. The second-order valence-corrected chi connectivity index (χ2v) is 3.96. The molecular formula is C12H15F2N3. The highest BCUT2D eigenvalue weighted by molar-refractivity contribution is 5.50. The summed E-state index contributed by atoms with van der Waals surface area (Å²) < 4.78 is 26.8. The molecule has 0 aliphatic rings. The fraction of sp³-hybridized carbons (Fsp3) is 0.417. The molecule has 0 bridgehead atoms. The highest BCUT2D eigenvalue weighted by Crippen LogP contribution is 2.19. The molecule has 0 unspecified atom stereocenters. The monoisotopic (exact) mass is 239 g/mol. The van der Waals surface area contributed by atoms with Gasteiger partial charge in [-0.3, -0.25) is 0 Å². The van der Waals surface area contributed by atoms with Crippen LogP contribution in [0.4, 0.5) is 14.5 Å². The Morgan fingerprint density at radius 1 is 1.24 bits per heavy atom. The topological polar surface area (TPSA) is 47.8 Å². The number of benzene rings is 1. The average Bonchev–Trinajstić information content (AvgIpc) is 2.26. The third-order valence-electron chi connectivity index (χ3n) is 2.15. The second-order valence-electron chi connectivity index (χ2n) is 3.96. The molecule has 3 nitrogen and oxygen atoms in total. The van der Waals surface area contributed by atoms with Gasteiger partial charge in [0.25, 0.3) is 0 Å². The molecule has 0 spiro atoms. The first-order chi connectivity index (χ1) is 8.04. The zero-order chi connectivity index (χ0) is 12.8. The lowest BCUT2D eigenvalue weighted by molar-refractivity contribution is 0.579. The first-order valence-electron chi connectivity index (χ1n) is 5.41. The summed E-state index contributed by atoms with van der Waals surface area (Å²) in [5.74, 6) is -1.49. The Morgan fingerprint density at radius 2 is 1.82 bits per heavy atom. The molecule has 1 aromatic carbocycles. The third-order valence-corrected chi connectivity index (χ3v) is 2.15. The number of nitrogens with one attached hydrogen (secondary N) is 2. The Labute approximate surface area is 99.4 Å². The number of halogens is 2. The molecule has 0 aliphatic carbocycles.